The zero-order chi connectivity index (χ0) is 82.0. The molecule has 0 aliphatic heterocycles. The highest BCUT2D eigenvalue weighted by molar-refractivity contribution is 7.28. The lowest BCUT2D eigenvalue weighted by Gasteiger charge is -2.13. The summed E-state index contributed by atoms with van der Waals surface area (Å²) < 4.78 is 7.69. The molecule has 0 N–H and O–H groups in total. The summed E-state index contributed by atoms with van der Waals surface area (Å²) in [6.45, 7) is 0. The molecule has 0 saturated carbocycles. The fraction of sp³-hybridized carbons (Fsp3) is 0. The molecule has 0 spiro atoms. The van der Waals surface area contributed by atoms with Crippen LogP contribution in [-0.4, -0.2) is 39.9 Å². The molecule has 0 unspecified atom stereocenters. The van der Waals surface area contributed by atoms with E-state index in [1.54, 1.807) is 0 Å². The van der Waals surface area contributed by atoms with Gasteiger partial charge in [0, 0.05) is 148 Å². The van der Waals surface area contributed by atoms with Crippen LogP contribution in [0.5, 0.6) is 0 Å². The van der Waals surface area contributed by atoms with Crippen LogP contribution in [-0.2, 0) is 0 Å². The quantitative estimate of drug-likeness (QED) is 0.106. The molecule has 12 heteroatoms. The lowest BCUT2D eigenvalue weighted by molar-refractivity contribution is 1.07. The molecule has 24 rings (SSSR count). The van der Waals surface area contributed by atoms with Gasteiger partial charge in [-0.1, -0.05) is 376 Å². The Hall–Kier alpha value is -15.3. The molecule has 124 heavy (non-hydrogen) atoms. The fourth-order valence-corrected chi connectivity index (χ4v) is 22.5. The van der Waals surface area contributed by atoms with E-state index in [0.717, 1.165) is 106 Å². The standard InChI is InChI=1S/2C56H34N4S2/c1-4-17-35(18-5-1)50-49-48(53(62-52(49)44-28-10-12-31-46(44)57-50)45-30-16-29-43-42-27-11-13-32-47(42)61-51(43)45)40-25-14-23-38(33-40)39-24-15-26-41(34-39)56-59-54(36-19-6-2-7-20-36)58-55(60-56)37-21-8-3-9-22-37;1-4-15-38(16-5-1)50-49-48(53(62-52(49)44-22-10-12-25-46(44)57-50)45-24-14-23-43-42-21-11-13-26-47(42)61-51(43)45)37-31-27-35(28-32-37)36-29-33-41(34-30-36)56-59-54(39-17-6-2-7-18-39)58-55(60-56)40-19-8-3-9-20-40/h2*1-34H. The molecule has 8 nitrogen and oxygen atoms in total. The molecule has 0 amide bonds. The first-order valence-corrected chi connectivity index (χ1v) is 44.5. The van der Waals surface area contributed by atoms with Gasteiger partial charge >= 0.3 is 0 Å². The van der Waals surface area contributed by atoms with Crippen LogP contribution >= 0.6 is 45.3 Å². The smallest absolute Gasteiger partial charge is 0.164 e. The van der Waals surface area contributed by atoms with Crippen LogP contribution in [0, 0.1) is 0 Å². The lowest BCUT2D eigenvalue weighted by Crippen LogP contribution is -2.00. The van der Waals surface area contributed by atoms with Crippen molar-refractivity contribution in [3.63, 3.8) is 0 Å². The van der Waals surface area contributed by atoms with E-state index < -0.39 is 0 Å². The van der Waals surface area contributed by atoms with Gasteiger partial charge in [0.15, 0.2) is 34.9 Å². The summed E-state index contributed by atoms with van der Waals surface area (Å²) >= 11 is 7.52. The van der Waals surface area contributed by atoms with Crippen LogP contribution in [0.1, 0.15) is 0 Å². The predicted octanol–water partition coefficient (Wildman–Crippen LogP) is 31.3. The van der Waals surface area contributed by atoms with Gasteiger partial charge in [0.1, 0.15) is 0 Å². The van der Waals surface area contributed by atoms with E-state index in [4.69, 9.17) is 39.9 Å². The maximum Gasteiger partial charge on any atom is 0.164 e. The van der Waals surface area contributed by atoms with Crippen LogP contribution in [0.4, 0.5) is 0 Å². The Morgan fingerprint density at radius 2 is 0.435 bits per heavy atom. The number of thiophene rings is 4. The molecule has 16 aromatic carbocycles. The summed E-state index contributed by atoms with van der Waals surface area (Å²) in [5, 5.41) is 9.86. The number of hydrogen-bond acceptors (Lipinski definition) is 12. The van der Waals surface area contributed by atoms with Gasteiger partial charge < -0.3 is 0 Å². The van der Waals surface area contributed by atoms with Crippen molar-refractivity contribution >= 4 is 128 Å². The fourth-order valence-electron chi connectivity index (χ4n) is 17.2. The van der Waals surface area contributed by atoms with E-state index in [1.165, 1.54) is 97.9 Å². The predicted molar refractivity (Wildman–Crippen MR) is 523 cm³/mol. The highest BCUT2D eigenvalue weighted by atomic mass is 32.1. The molecule has 0 atom stereocenters. The third-order valence-corrected chi connectivity index (χ3v) is 28.1. The van der Waals surface area contributed by atoms with E-state index >= 15 is 0 Å². The molecule has 0 saturated heterocycles. The summed E-state index contributed by atoms with van der Waals surface area (Å²) in [6.07, 6.45) is 0. The van der Waals surface area contributed by atoms with E-state index in [0.29, 0.717) is 34.9 Å². The maximum absolute atomic E-state index is 5.44. The topological polar surface area (TPSA) is 103 Å². The molecule has 8 aromatic heterocycles. The van der Waals surface area contributed by atoms with Crippen molar-refractivity contribution in [2.24, 2.45) is 0 Å². The Kier molecular flexibility index (Phi) is 18.9. The number of hydrogen-bond donors (Lipinski definition) is 0. The minimum absolute atomic E-state index is 0.628. The van der Waals surface area contributed by atoms with Crippen LogP contribution in [0.15, 0.2) is 413 Å². The van der Waals surface area contributed by atoms with Crippen LogP contribution in [0.3, 0.4) is 0 Å². The molecule has 24 aromatic rings. The normalized spacial score (nSPS) is 11.5. The second kappa shape index (κ2) is 31.7. The molecule has 580 valence electrons. The third-order valence-electron chi connectivity index (χ3n) is 23.1. The van der Waals surface area contributed by atoms with Crippen molar-refractivity contribution in [1.29, 1.82) is 0 Å². The summed E-state index contributed by atoms with van der Waals surface area (Å²) in [4.78, 5) is 43.1. The average Bonchev–Trinajstić information content (AvgIpc) is 1.57. The number of pyridine rings is 2. The zero-order valence-electron chi connectivity index (χ0n) is 66.5. The molecule has 0 aliphatic rings. The molecular weight excluding hydrogens is 1590 g/mol. The molecular formula is C112H68N8S4. The number of aromatic nitrogens is 8. The Labute approximate surface area is 730 Å². The molecule has 8 heterocycles. The first kappa shape index (κ1) is 73.8. The Morgan fingerprint density at radius 3 is 0.839 bits per heavy atom. The van der Waals surface area contributed by atoms with Crippen molar-refractivity contribution in [2.75, 3.05) is 0 Å². The van der Waals surface area contributed by atoms with Crippen molar-refractivity contribution < 1.29 is 0 Å². The summed E-state index contributed by atoms with van der Waals surface area (Å²) in [5.74, 6) is 3.85. The number of para-hydroxylation sites is 2. The monoisotopic (exact) mass is 1650 g/mol. The molecule has 0 radical (unpaired) electrons. The Balaban J connectivity index is 0.000000143. The largest absolute Gasteiger partial charge is 0.247 e. The number of nitrogens with zero attached hydrogens (tertiary/aromatic N) is 8. The maximum atomic E-state index is 5.44. The van der Waals surface area contributed by atoms with E-state index in [9.17, 15) is 0 Å². The molecule has 0 fully saturated rings. The SMILES string of the molecule is c1ccc(-c2nc(-c3ccccc3)nc(-c3ccc(-c4ccc(-c5c(-c6cccc7c6sc6ccccc67)sc6c5c(-c5ccccc5)nc5ccccc56)cc4)cc3)n2)cc1.c1ccc(-c2nc(-c3ccccc3)nc(-c3cccc(-c4cccc(-c5c(-c6cccc7c6sc6ccccc67)sc6c5c(-c5ccccc5)nc5ccccc56)c4)c3)n2)cc1. The van der Waals surface area contributed by atoms with Gasteiger partial charge in [0.2, 0.25) is 0 Å². The summed E-state index contributed by atoms with van der Waals surface area (Å²) in [6, 6.07) is 145. The van der Waals surface area contributed by atoms with Crippen LogP contribution in [0.2, 0.25) is 0 Å². The van der Waals surface area contributed by atoms with Crippen molar-refractivity contribution in [2.45, 2.75) is 0 Å². The Bertz CT molecular complexity index is 8090. The van der Waals surface area contributed by atoms with Gasteiger partial charge in [-0.15, -0.1) is 45.3 Å². The van der Waals surface area contributed by atoms with E-state index in [2.05, 4.69) is 291 Å². The third kappa shape index (κ3) is 13.5. The summed E-state index contributed by atoms with van der Waals surface area (Å²) in [7, 11) is 0. The number of fused-ring (bicyclic) bond motifs is 12. The van der Waals surface area contributed by atoms with Crippen molar-refractivity contribution in [3.05, 3.63) is 413 Å². The van der Waals surface area contributed by atoms with Gasteiger partial charge in [-0.2, -0.15) is 0 Å². The molecule has 0 bridgehead atoms. The van der Waals surface area contributed by atoms with Gasteiger partial charge in [-0.05, 0) is 69.8 Å². The lowest BCUT2D eigenvalue weighted by atomic mass is 9.92. The highest BCUT2D eigenvalue weighted by Crippen LogP contribution is 2.56. The highest BCUT2D eigenvalue weighted by Gasteiger charge is 2.28. The first-order chi connectivity index (χ1) is 61.5. The van der Waals surface area contributed by atoms with Gasteiger partial charge in [0.05, 0.1) is 22.4 Å². The van der Waals surface area contributed by atoms with Crippen molar-refractivity contribution in [1.82, 2.24) is 39.9 Å². The van der Waals surface area contributed by atoms with Gasteiger partial charge in [-0.3, -0.25) is 0 Å². The van der Waals surface area contributed by atoms with Crippen LogP contribution < -0.4 is 0 Å². The minimum atomic E-state index is 0.628. The van der Waals surface area contributed by atoms with E-state index in [-0.39, 0.29) is 0 Å². The van der Waals surface area contributed by atoms with Gasteiger partial charge in [-0.25, -0.2) is 39.9 Å². The number of rotatable bonds is 14. The van der Waals surface area contributed by atoms with Crippen LogP contribution in [0.25, 0.3) is 239 Å². The number of benzene rings is 16. The van der Waals surface area contributed by atoms with Crippen molar-refractivity contribution in [3.8, 4) is 156 Å². The summed E-state index contributed by atoms with van der Waals surface area (Å²) in [5.41, 5.74) is 23.5. The second-order valence-corrected chi connectivity index (χ2v) is 34.8. The van der Waals surface area contributed by atoms with E-state index in [1.807, 2.05) is 167 Å². The second-order valence-electron chi connectivity index (χ2n) is 30.7. The molecule has 0 aliphatic carbocycles. The first-order valence-electron chi connectivity index (χ1n) is 41.3. The Morgan fingerprint density at radius 1 is 0.161 bits per heavy atom. The zero-order valence-corrected chi connectivity index (χ0v) is 69.7. The minimum Gasteiger partial charge on any atom is -0.247 e. The van der Waals surface area contributed by atoms with Gasteiger partial charge in [0.25, 0.3) is 0 Å². The average molecular weight is 1650 g/mol.